The number of hydrogen-bond donors (Lipinski definition) is 3. The second-order valence-electron chi connectivity index (χ2n) is 5.88. The molecule has 3 rings (SSSR count). The standard InChI is InChI=1S/C19H20N6O2/c1-12-4-9-17(27-3)16(10-12)23-18-11-20-25-19(24-18)22-15-7-5-14(6-8-15)21-13(2)26/h4-11H,1-3H3,(H,21,26)(H2,22,23,24,25). The van der Waals surface area contributed by atoms with E-state index in [4.69, 9.17) is 4.74 Å². The third-order valence-corrected chi connectivity index (χ3v) is 3.64. The molecule has 8 nitrogen and oxygen atoms in total. The van der Waals surface area contributed by atoms with Gasteiger partial charge in [0.05, 0.1) is 19.0 Å². The van der Waals surface area contributed by atoms with Crippen LogP contribution in [0.15, 0.2) is 48.7 Å². The number of rotatable bonds is 6. The van der Waals surface area contributed by atoms with Gasteiger partial charge in [0.25, 0.3) is 0 Å². The van der Waals surface area contributed by atoms with Gasteiger partial charge >= 0.3 is 0 Å². The second-order valence-corrected chi connectivity index (χ2v) is 5.88. The van der Waals surface area contributed by atoms with Crippen molar-refractivity contribution < 1.29 is 9.53 Å². The highest BCUT2D eigenvalue weighted by Crippen LogP contribution is 2.28. The minimum atomic E-state index is -0.117. The van der Waals surface area contributed by atoms with E-state index in [0.717, 1.165) is 16.9 Å². The van der Waals surface area contributed by atoms with Crippen molar-refractivity contribution in [3.8, 4) is 5.75 Å². The van der Waals surface area contributed by atoms with Gasteiger partial charge in [-0.2, -0.15) is 10.1 Å². The van der Waals surface area contributed by atoms with Gasteiger partial charge in [-0.3, -0.25) is 4.79 Å². The monoisotopic (exact) mass is 364 g/mol. The first kappa shape index (κ1) is 18.1. The number of aryl methyl sites for hydroxylation is 1. The van der Waals surface area contributed by atoms with E-state index in [1.54, 1.807) is 19.2 Å². The van der Waals surface area contributed by atoms with Gasteiger partial charge in [-0.05, 0) is 48.9 Å². The van der Waals surface area contributed by atoms with Crippen LogP contribution in [0.2, 0.25) is 0 Å². The molecular weight excluding hydrogens is 344 g/mol. The quantitative estimate of drug-likeness (QED) is 0.614. The van der Waals surface area contributed by atoms with Crippen LogP contribution < -0.4 is 20.7 Å². The largest absolute Gasteiger partial charge is 0.495 e. The topological polar surface area (TPSA) is 101 Å². The van der Waals surface area contributed by atoms with E-state index in [9.17, 15) is 4.79 Å². The van der Waals surface area contributed by atoms with Crippen LogP contribution in [0.25, 0.3) is 0 Å². The van der Waals surface area contributed by atoms with E-state index in [1.807, 2.05) is 37.3 Å². The molecule has 3 aromatic rings. The molecule has 0 aliphatic rings. The maximum Gasteiger partial charge on any atom is 0.249 e. The van der Waals surface area contributed by atoms with E-state index in [2.05, 4.69) is 31.1 Å². The molecule has 0 spiro atoms. The Bertz CT molecular complexity index is 943. The number of benzene rings is 2. The number of aromatic nitrogens is 3. The summed E-state index contributed by atoms with van der Waals surface area (Å²) in [6, 6.07) is 13.0. The maximum atomic E-state index is 11.1. The molecule has 0 unspecified atom stereocenters. The third kappa shape index (κ3) is 4.91. The fraction of sp³-hybridized carbons (Fsp3) is 0.158. The number of amides is 1. The molecule has 2 aromatic carbocycles. The lowest BCUT2D eigenvalue weighted by atomic mass is 10.2. The highest BCUT2D eigenvalue weighted by atomic mass is 16.5. The molecule has 0 saturated carbocycles. The number of ether oxygens (including phenoxy) is 1. The number of carbonyl (C=O) groups is 1. The van der Waals surface area contributed by atoms with Crippen LogP contribution in [-0.4, -0.2) is 28.2 Å². The summed E-state index contributed by atoms with van der Waals surface area (Å²) in [4.78, 5) is 15.5. The van der Waals surface area contributed by atoms with Crippen molar-refractivity contribution in [3.63, 3.8) is 0 Å². The van der Waals surface area contributed by atoms with Gasteiger partial charge in [0.1, 0.15) is 5.75 Å². The van der Waals surface area contributed by atoms with Crippen LogP contribution in [0.5, 0.6) is 5.75 Å². The van der Waals surface area contributed by atoms with Gasteiger partial charge in [0.2, 0.25) is 11.9 Å². The molecule has 1 aromatic heterocycles. The van der Waals surface area contributed by atoms with Crippen molar-refractivity contribution >= 4 is 34.7 Å². The Labute approximate surface area is 157 Å². The first-order valence-electron chi connectivity index (χ1n) is 8.29. The first-order chi connectivity index (χ1) is 13.0. The Kier molecular flexibility index (Phi) is 5.46. The predicted octanol–water partition coefficient (Wildman–Crippen LogP) is 3.63. The number of nitrogens with zero attached hydrogens (tertiary/aromatic N) is 3. The smallest absolute Gasteiger partial charge is 0.249 e. The minimum absolute atomic E-state index is 0.117. The fourth-order valence-corrected chi connectivity index (χ4v) is 2.44. The lowest BCUT2D eigenvalue weighted by Crippen LogP contribution is -2.06. The van der Waals surface area contributed by atoms with Crippen molar-refractivity contribution in [2.24, 2.45) is 0 Å². The SMILES string of the molecule is COc1ccc(C)cc1Nc1cnnc(Nc2ccc(NC(C)=O)cc2)n1. The molecule has 0 bridgehead atoms. The van der Waals surface area contributed by atoms with E-state index in [1.165, 1.54) is 13.1 Å². The zero-order valence-corrected chi connectivity index (χ0v) is 15.3. The van der Waals surface area contributed by atoms with Gasteiger partial charge in [0.15, 0.2) is 5.82 Å². The Hall–Kier alpha value is -3.68. The van der Waals surface area contributed by atoms with E-state index in [-0.39, 0.29) is 5.91 Å². The van der Waals surface area contributed by atoms with E-state index in [0.29, 0.717) is 23.2 Å². The van der Waals surface area contributed by atoms with Crippen LogP contribution >= 0.6 is 0 Å². The summed E-state index contributed by atoms with van der Waals surface area (Å²) in [5.74, 6) is 1.47. The molecule has 0 aliphatic carbocycles. The Morgan fingerprint density at radius 1 is 1.04 bits per heavy atom. The fourth-order valence-electron chi connectivity index (χ4n) is 2.44. The van der Waals surface area contributed by atoms with Crippen molar-refractivity contribution in [1.82, 2.24) is 15.2 Å². The molecule has 138 valence electrons. The summed E-state index contributed by atoms with van der Waals surface area (Å²) in [5.41, 5.74) is 3.38. The first-order valence-corrected chi connectivity index (χ1v) is 8.29. The lowest BCUT2D eigenvalue weighted by Gasteiger charge is -2.12. The molecule has 0 fully saturated rings. The highest BCUT2D eigenvalue weighted by molar-refractivity contribution is 5.88. The molecule has 1 heterocycles. The molecular formula is C19H20N6O2. The molecule has 1 amide bonds. The molecule has 0 radical (unpaired) electrons. The van der Waals surface area contributed by atoms with Crippen LogP contribution in [0.1, 0.15) is 12.5 Å². The number of nitrogens with one attached hydrogen (secondary N) is 3. The predicted molar refractivity (Wildman–Crippen MR) is 105 cm³/mol. The molecule has 0 atom stereocenters. The Balaban J connectivity index is 1.74. The molecule has 8 heteroatoms. The molecule has 0 aliphatic heterocycles. The second kappa shape index (κ2) is 8.13. The summed E-state index contributed by atoms with van der Waals surface area (Å²) in [6.07, 6.45) is 1.53. The summed E-state index contributed by atoms with van der Waals surface area (Å²) in [6.45, 7) is 3.47. The number of methoxy groups -OCH3 is 1. The van der Waals surface area contributed by atoms with Gasteiger partial charge in [-0.1, -0.05) is 6.07 Å². The highest BCUT2D eigenvalue weighted by Gasteiger charge is 2.07. The van der Waals surface area contributed by atoms with Crippen molar-refractivity contribution in [2.75, 3.05) is 23.1 Å². The zero-order chi connectivity index (χ0) is 19.2. The van der Waals surface area contributed by atoms with Crippen molar-refractivity contribution in [2.45, 2.75) is 13.8 Å². The van der Waals surface area contributed by atoms with Gasteiger partial charge in [0, 0.05) is 18.3 Å². The van der Waals surface area contributed by atoms with Crippen LogP contribution in [0, 0.1) is 6.92 Å². The van der Waals surface area contributed by atoms with Crippen molar-refractivity contribution in [3.05, 3.63) is 54.2 Å². The van der Waals surface area contributed by atoms with Gasteiger partial charge in [-0.15, -0.1) is 5.10 Å². The number of anilines is 5. The summed E-state index contributed by atoms with van der Waals surface area (Å²) in [7, 11) is 1.62. The van der Waals surface area contributed by atoms with Gasteiger partial charge < -0.3 is 20.7 Å². The summed E-state index contributed by atoms with van der Waals surface area (Å²) < 4.78 is 5.37. The minimum Gasteiger partial charge on any atom is -0.495 e. The van der Waals surface area contributed by atoms with Crippen LogP contribution in [-0.2, 0) is 4.79 Å². The normalized spacial score (nSPS) is 10.2. The maximum absolute atomic E-state index is 11.1. The van der Waals surface area contributed by atoms with E-state index < -0.39 is 0 Å². The Morgan fingerprint density at radius 3 is 2.48 bits per heavy atom. The van der Waals surface area contributed by atoms with E-state index >= 15 is 0 Å². The average molecular weight is 364 g/mol. The zero-order valence-electron chi connectivity index (χ0n) is 15.3. The van der Waals surface area contributed by atoms with Crippen molar-refractivity contribution in [1.29, 1.82) is 0 Å². The average Bonchev–Trinajstić information content (AvgIpc) is 2.63. The molecule has 0 saturated heterocycles. The third-order valence-electron chi connectivity index (χ3n) is 3.64. The number of carbonyl (C=O) groups excluding carboxylic acids is 1. The molecule has 27 heavy (non-hydrogen) atoms. The number of hydrogen-bond acceptors (Lipinski definition) is 7. The van der Waals surface area contributed by atoms with Gasteiger partial charge in [-0.25, -0.2) is 0 Å². The Morgan fingerprint density at radius 2 is 1.78 bits per heavy atom. The lowest BCUT2D eigenvalue weighted by molar-refractivity contribution is -0.114. The molecule has 3 N–H and O–H groups in total. The summed E-state index contributed by atoms with van der Waals surface area (Å²) in [5, 5.41) is 17.0. The van der Waals surface area contributed by atoms with Crippen LogP contribution in [0.3, 0.4) is 0 Å². The summed E-state index contributed by atoms with van der Waals surface area (Å²) >= 11 is 0. The van der Waals surface area contributed by atoms with Crippen LogP contribution in [0.4, 0.5) is 28.8 Å².